The van der Waals surface area contributed by atoms with E-state index in [9.17, 15) is 19.5 Å². The van der Waals surface area contributed by atoms with E-state index in [0.717, 1.165) is 63.4 Å². The van der Waals surface area contributed by atoms with Crippen molar-refractivity contribution >= 4 is 34.1 Å². The zero-order valence-electron chi connectivity index (χ0n) is 17.0. The summed E-state index contributed by atoms with van der Waals surface area (Å²) in [4.78, 5) is 39.4. The fourth-order valence-corrected chi connectivity index (χ4v) is 7.22. The summed E-state index contributed by atoms with van der Waals surface area (Å²) in [5, 5.41) is 16.5. The van der Waals surface area contributed by atoms with Crippen molar-refractivity contribution in [2.75, 3.05) is 5.32 Å². The van der Waals surface area contributed by atoms with Crippen LogP contribution in [0.3, 0.4) is 0 Å². The number of fused-ring (bicyclic) bond motifs is 3. The van der Waals surface area contributed by atoms with Crippen molar-refractivity contribution in [1.29, 1.82) is 0 Å². The second-order valence-electron chi connectivity index (χ2n) is 9.20. The van der Waals surface area contributed by atoms with Crippen LogP contribution in [0.2, 0.25) is 0 Å². The Morgan fingerprint density at radius 2 is 1.67 bits per heavy atom. The van der Waals surface area contributed by atoms with Gasteiger partial charge in [-0.05, 0) is 62.3 Å². The van der Waals surface area contributed by atoms with Gasteiger partial charge in [-0.1, -0.05) is 25.0 Å². The molecule has 0 radical (unpaired) electrons. The van der Waals surface area contributed by atoms with Gasteiger partial charge in [-0.15, -0.1) is 11.3 Å². The molecule has 0 saturated heterocycles. The number of carboxylic acids is 1. The first kappa shape index (κ1) is 19.8. The van der Waals surface area contributed by atoms with Crippen molar-refractivity contribution in [3.63, 3.8) is 0 Å². The van der Waals surface area contributed by atoms with Gasteiger partial charge in [0.25, 0.3) is 5.91 Å². The summed E-state index contributed by atoms with van der Waals surface area (Å²) in [6.07, 6.45) is 12.9. The summed E-state index contributed by atoms with van der Waals surface area (Å²) in [5.41, 5.74) is 1.71. The number of carbonyl (C=O) groups excluding carboxylic acids is 2. The Morgan fingerprint density at radius 1 is 0.967 bits per heavy atom. The molecule has 160 valence electrons. The highest BCUT2D eigenvalue weighted by molar-refractivity contribution is 7.17. The highest BCUT2D eigenvalue weighted by Gasteiger charge is 2.51. The predicted octanol–water partition coefficient (Wildman–Crippen LogP) is 3.76. The smallest absolute Gasteiger partial charge is 0.307 e. The number of aliphatic carboxylic acids is 1. The maximum Gasteiger partial charge on any atom is 0.307 e. The van der Waals surface area contributed by atoms with E-state index in [1.807, 2.05) is 12.2 Å². The number of thiophene rings is 1. The first-order chi connectivity index (χ1) is 14.5. The molecule has 4 aliphatic rings. The normalized spacial score (nSPS) is 29.7. The van der Waals surface area contributed by atoms with E-state index in [-0.39, 0.29) is 29.7 Å². The number of nitrogens with one attached hydrogen (secondary N) is 2. The second-order valence-corrected chi connectivity index (χ2v) is 10.3. The summed E-state index contributed by atoms with van der Waals surface area (Å²) in [5.74, 6) is -2.58. The van der Waals surface area contributed by atoms with Crippen LogP contribution in [-0.2, 0) is 22.4 Å². The fourth-order valence-electron chi connectivity index (χ4n) is 5.93. The monoisotopic (exact) mass is 428 g/mol. The molecular weight excluding hydrogens is 400 g/mol. The van der Waals surface area contributed by atoms with Gasteiger partial charge in [0.1, 0.15) is 5.00 Å². The van der Waals surface area contributed by atoms with Gasteiger partial charge in [0.15, 0.2) is 0 Å². The molecule has 2 saturated carbocycles. The molecule has 4 aliphatic carbocycles. The van der Waals surface area contributed by atoms with Crippen molar-refractivity contribution < 1.29 is 19.5 Å². The molecule has 0 aromatic carbocycles. The lowest BCUT2D eigenvalue weighted by Gasteiger charge is -2.24. The molecule has 30 heavy (non-hydrogen) atoms. The Bertz CT molecular complexity index is 915. The highest BCUT2D eigenvalue weighted by Crippen LogP contribution is 2.49. The van der Waals surface area contributed by atoms with Crippen molar-refractivity contribution in [3.05, 3.63) is 28.2 Å². The minimum Gasteiger partial charge on any atom is -0.481 e. The minimum absolute atomic E-state index is 0.0264. The number of carboxylic acid groups (broad SMARTS) is 1. The summed E-state index contributed by atoms with van der Waals surface area (Å²) >= 11 is 1.51. The average Bonchev–Trinajstić information content (AvgIpc) is 3.50. The maximum absolute atomic E-state index is 13.2. The van der Waals surface area contributed by atoms with Crippen molar-refractivity contribution in [1.82, 2.24) is 5.32 Å². The third-order valence-electron chi connectivity index (χ3n) is 7.37. The molecule has 3 N–H and O–H groups in total. The van der Waals surface area contributed by atoms with Crippen LogP contribution < -0.4 is 10.6 Å². The zero-order chi connectivity index (χ0) is 20.8. The fraction of sp³-hybridized carbons (Fsp3) is 0.609. The van der Waals surface area contributed by atoms with Gasteiger partial charge in [0.05, 0.1) is 17.4 Å². The molecule has 0 unspecified atom stereocenters. The van der Waals surface area contributed by atoms with Crippen LogP contribution in [0.4, 0.5) is 5.00 Å². The lowest BCUT2D eigenvalue weighted by atomic mass is 9.82. The minimum atomic E-state index is -0.906. The molecular formula is C23H28N2O4S. The number of hydrogen-bond acceptors (Lipinski definition) is 4. The molecule has 5 rings (SSSR count). The quantitative estimate of drug-likeness (QED) is 0.622. The van der Waals surface area contributed by atoms with Crippen LogP contribution in [-0.4, -0.2) is 28.9 Å². The summed E-state index contributed by atoms with van der Waals surface area (Å²) in [6.45, 7) is 0. The number of rotatable bonds is 5. The highest BCUT2D eigenvalue weighted by atomic mass is 32.1. The number of allylic oxidation sites excluding steroid dienone is 2. The van der Waals surface area contributed by atoms with Crippen LogP contribution in [0.15, 0.2) is 12.2 Å². The number of amides is 2. The first-order valence-corrected chi connectivity index (χ1v) is 12.0. The van der Waals surface area contributed by atoms with E-state index in [1.165, 1.54) is 16.2 Å². The molecule has 0 aliphatic heterocycles. The molecule has 7 heteroatoms. The summed E-state index contributed by atoms with van der Waals surface area (Å²) in [7, 11) is 0. The first-order valence-electron chi connectivity index (χ1n) is 11.2. The van der Waals surface area contributed by atoms with Crippen LogP contribution in [0.25, 0.3) is 0 Å². The summed E-state index contributed by atoms with van der Waals surface area (Å²) < 4.78 is 0. The standard InChI is InChI=1S/C23H28N2O4S/c26-20(17-12-9-10-13(11-12)18(17)23(28)29)25-22-19(15-7-3-4-8-16(15)30-22)21(27)24-14-5-1-2-6-14/h9-10,12-14,17-18H,1-8,11H2,(H,24,27)(H,25,26)(H,28,29)/t12-,13+,17-,18-/m0/s1. The number of carbonyl (C=O) groups is 3. The SMILES string of the molecule is O=C(NC1CCCC1)c1c(NC(=O)[C@@H]2[C@@H](C(=O)O)[C@@H]3C=C[C@H]2C3)sc2c1CCCC2. The number of aryl methyl sites for hydroxylation is 1. The van der Waals surface area contributed by atoms with E-state index >= 15 is 0 Å². The largest absolute Gasteiger partial charge is 0.481 e. The van der Waals surface area contributed by atoms with Crippen LogP contribution >= 0.6 is 11.3 Å². The van der Waals surface area contributed by atoms with Crippen LogP contribution in [0.5, 0.6) is 0 Å². The van der Waals surface area contributed by atoms with Gasteiger partial charge in [0, 0.05) is 10.9 Å². The van der Waals surface area contributed by atoms with E-state index in [0.29, 0.717) is 10.6 Å². The molecule has 2 fully saturated rings. The lowest BCUT2D eigenvalue weighted by molar-refractivity contribution is -0.146. The van der Waals surface area contributed by atoms with Crippen LogP contribution in [0, 0.1) is 23.7 Å². The van der Waals surface area contributed by atoms with Gasteiger partial charge >= 0.3 is 5.97 Å². The molecule has 6 nitrogen and oxygen atoms in total. The molecule has 2 amide bonds. The molecule has 0 spiro atoms. The molecule has 1 aromatic rings. The molecule has 2 bridgehead atoms. The number of anilines is 1. The van der Waals surface area contributed by atoms with Crippen molar-refractivity contribution in [3.8, 4) is 0 Å². The van der Waals surface area contributed by atoms with Gasteiger partial charge in [0.2, 0.25) is 5.91 Å². The lowest BCUT2D eigenvalue weighted by Crippen LogP contribution is -2.37. The van der Waals surface area contributed by atoms with E-state index in [1.54, 1.807) is 0 Å². The Balaban J connectivity index is 1.42. The zero-order valence-corrected chi connectivity index (χ0v) is 17.8. The number of hydrogen-bond donors (Lipinski definition) is 3. The van der Waals surface area contributed by atoms with Gasteiger partial charge in [-0.25, -0.2) is 0 Å². The van der Waals surface area contributed by atoms with Gasteiger partial charge in [-0.3, -0.25) is 14.4 Å². The van der Waals surface area contributed by atoms with E-state index < -0.39 is 17.8 Å². The van der Waals surface area contributed by atoms with Gasteiger partial charge in [-0.2, -0.15) is 0 Å². The van der Waals surface area contributed by atoms with E-state index in [2.05, 4.69) is 10.6 Å². The van der Waals surface area contributed by atoms with Crippen molar-refractivity contribution in [2.24, 2.45) is 23.7 Å². The third-order valence-corrected chi connectivity index (χ3v) is 8.58. The molecule has 1 heterocycles. The second kappa shape index (κ2) is 7.84. The third kappa shape index (κ3) is 3.37. The maximum atomic E-state index is 13.2. The van der Waals surface area contributed by atoms with Crippen molar-refractivity contribution in [2.45, 2.75) is 63.8 Å². The van der Waals surface area contributed by atoms with E-state index in [4.69, 9.17) is 0 Å². The van der Waals surface area contributed by atoms with Crippen LogP contribution in [0.1, 0.15) is 65.7 Å². The summed E-state index contributed by atoms with van der Waals surface area (Å²) in [6, 6.07) is 0.215. The predicted molar refractivity (Wildman–Crippen MR) is 115 cm³/mol. The average molecular weight is 429 g/mol. The Labute approximate surface area is 180 Å². The molecule has 4 atom stereocenters. The van der Waals surface area contributed by atoms with Gasteiger partial charge < -0.3 is 15.7 Å². The topological polar surface area (TPSA) is 95.5 Å². The Hall–Kier alpha value is -2.15. The Morgan fingerprint density at radius 3 is 2.40 bits per heavy atom. The molecule has 1 aromatic heterocycles. The Kier molecular flexibility index (Phi) is 5.17.